The summed E-state index contributed by atoms with van der Waals surface area (Å²) >= 11 is 5.51. The van der Waals surface area contributed by atoms with Gasteiger partial charge >= 0.3 is 0 Å². The zero-order valence-electron chi connectivity index (χ0n) is 11.1. The average Bonchev–Trinajstić information content (AvgIpc) is 2.66. The number of aromatic amines is 1. The third kappa shape index (κ3) is 2.01. The Morgan fingerprint density at radius 1 is 1.22 bits per heavy atom. The molecule has 0 radical (unpaired) electrons. The Bertz CT molecular complexity index is 615. The van der Waals surface area contributed by atoms with Crippen molar-refractivity contribution < 1.29 is 0 Å². The number of rotatable bonds is 1. The van der Waals surface area contributed by atoms with E-state index in [4.69, 9.17) is 12.2 Å². The molecule has 1 aromatic carbocycles. The van der Waals surface area contributed by atoms with Gasteiger partial charge in [-0.25, -0.2) is 0 Å². The minimum atomic E-state index is 0.587. The van der Waals surface area contributed by atoms with Crippen LogP contribution >= 0.6 is 12.2 Å². The highest BCUT2D eigenvalue weighted by molar-refractivity contribution is 7.71. The maximum atomic E-state index is 5.51. The van der Waals surface area contributed by atoms with Crippen molar-refractivity contribution in [2.45, 2.75) is 45.6 Å². The fraction of sp³-hybridized carbons (Fsp3) is 0.533. The average molecular weight is 260 g/mol. The Hall–Kier alpha value is -1.09. The summed E-state index contributed by atoms with van der Waals surface area (Å²) in [6.07, 6.45) is 5.17. The first kappa shape index (κ1) is 12.0. The summed E-state index contributed by atoms with van der Waals surface area (Å²) in [5.41, 5.74) is 3.75. The van der Waals surface area contributed by atoms with Gasteiger partial charge in [-0.05, 0) is 68.4 Å². The van der Waals surface area contributed by atoms with Crippen molar-refractivity contribution in [1.29, 1.82) is 0 Å². The molecule has 3 rings (SSSR count). The second-order valence-electron chi connectivity index (χ2n) is 5.73. The molecule has 0 saturated heterocycles. The Morgan fingerprint density at radius 3 is 2.67 bits per heavy atom. The fourth-order valence-corrected chi connectivity index (χ4v) is 3.45. The number of nitrogens with one attached hydrogen (secondary N) is 1. The normalized spacial score (nSPS) is 24.6. The van der Waals surface area contributed by atoms with E-state index in [0.717, 1.165) is 10.7 Å². The summed E-state index contributed by atoms with van der Waals surface area (Å²) in [5, 5.41) is 0. The van der Waals surface area contributed by atoms with Crippen molar-refractivity contribution in [2.24, 2.45) is 5.92 Å². The summed E-state index contributed by atoms with van der Waals surface area (Å²) in [4.78, 5) is 3.34. The summed E-state index contributed by atoms with van der Waals surface area (Å²) in [7, 11) is 0. The number of benzene rings is 1. The molecule has 96 valence electrons. The van der Waals surface area contributed by atoms with Crippen LogP contribution in [0.4, 0.5) is 0 Å². The van der Waals surface area contributed by atoms with Crippen molar-refractivity contribution in [1.82, 2.24) is 9.55 Å². The van der Waals surface area contributed by atoms with E-state index < -0.39 is 0 Å². The summed E-state index contributed by atoms with van der Waals surface area (Å²) < 4.78 is 3.24. The van der Waals surface area contributed by atoms with Gasteiger partial charge in [-0.1, -0.05) is 13.0 Å². The molecular formula is C15H20N2S. The van der Waals surface area contributed by atoms with Gasteiger partial charge in [-0.15, -0.1) is 0 Å². The number of aryl methyl sites for hydroxylation is 1. The predicted octanol–water partition coefficient (Wildman–Crippen LogP) is 4.76. The van der Waals surface area contributed by atoms with E-state index in [0.29, 0.717) is 6.04 Å². The van der Waals surface area contributed by atoms with E-state index in [1.54, 1.807) is 0 Å². The number of H-pyrrole nitrogens is 1. The number of aromatic nitrogens is 2. The minimum Gasteiger partial charge on any atom is -0.331 e. The van der Waals surface area contributed by atoms with Gasteiger partial charge in [0.25, 0.3) is 0 Å². The SMILES string of the molecule is Cc1ccc2[nH]c(=S)n(C3CCC(C)CC3)c2c1. The Balaban J connectivity index is 2.08. The molecule has 2 nitrogen and oxygen atoms in total. The first-order valence-corrected chi connectivity index (χ1v) is 7.27. The smallest absolute Gasteiger partial charge is 0.178 e. The van der Waals surface area contributed by atoms with E-state index in [9.17, 15) is 0 Å². The molecule has 0 spiro atoms. The first-order chi connectivity index (χ1) is 8.65. The van der Waals surface area contributed by atoms with E-state index >= 15 is 0 Å². The quantitative estimate of drug-likeness (QED) is 0.733. The number of nitrogens with zero attached hydrogens (tertiary/aromatic N) is 1. The summed E-state index contributed by atoms with van der Waals surface area (Å²) in [6, 6.07) is 7.12. The van der Waals surface area contributed by atoms with Crippen molar-refractivity contribution in [3.05, 3.63) is 28.5 Å². The van der Waals surface area contributed by atoms with Crippen LogP contribution in [0.15, 0.2) is 18.2 Å². The lowest BCUT2D eigenvalue weighted by Gasteiger charge is -2.27. The van der Waals surface area contributed by atoms with Crippen LogP contribution in [-0.4, -0.2) is 9.55 Å². The van der Waals surface area contributed by atoms with Crippen LogP contribution in [0, 0.1) is 17.6 Å². The molecule has 0 atom stereocenters. The monoisotopic (exact) mass is 260 g/mol. The Kier molecular flexibility index (Phi) is 3.02. The van der Waals surface area contributed by atoms with Gasteiger partial charge in [0.05, 0.1) is 11.0 Å². The number of imidazole rings is 1. The van der Waals surface area contributed by atoms with Crippen molar-refractivity contribution in [3.8, 4) is 0 Å². The zero-order valence-corrected chi connectivity index (χ0v) is 11.9. The third-order valence-electron chi connectivity index (χ3n) is 4.22. The summed E-state index contributed by atoms with van der Waals surface area (Å²) in [6.45, 7) is 4.50. The van der Waals surface area contributed by atoms with Gasteiger partial charge in [0, 0.05) is 6.04 Å². The molecule has 0 bridgehead atoms. The molecule has 1 aliphatic carbocycles. The van der Waals surface area contributed by atoms with E-state index in [1.807, 2.05) is 0 Å². The van der Waals surface area contributed by atoms with Crippen LogP contribution in [-0.2, 0) is 0 Å². The standard InChI is InChI=1S/C15H20N2S/c1-10-3-6-12(7-4-10)17-14-9-11(2)5-8-13(14)16-15(17)18/h5,8-10,12H,3-4,6-7H2,1-2H3,(H,16,18). The molecule has 3 heteroatoms. The molecular weight excluding hydrogens is 240 g/mol. The van der Waals surface area contributed by atoms with E-state index in [2.05, 4.69) is 41.6 Å². The molecule has 0 aliphatic heterocycles. The lowest BCUT2D eigenvalue weighted by Crippen LogP contribution is -2.16. The lowest BCUT2D eigenvalue weighted by atomic mass is 9.87. The number of hydrogen-bond acceptors (Lipinski definition) is 1. The van der Waals surface area contributed by atoms with Crippen LogP contribution in [0.25, 0.3) is 11.0 Å². The molecule has 1 aromatic heterocycles. The maximum absolute atomic E-state index is 5.51. The van der Waals surface area contributed by atoms with Gasteiger partial charge in [0.1, 0.15) is 0 Å². The van der Waals surface area contributed by atoms with Crippen LogP contribution in [0.5, 0.6) is 0 Å². The molecule has 0 unspecified atom stereocenters. The van der Waals surface area contributed by atoms with Crippen LogP contribution in [0.1, 0.15) is 44.2 Å². The molecule has 18 heavy (non-hydrogen) atoms. The van der Waals surface area contributed by atoms with Gasteiger partial charge in [0.2, 0.25) is 0 Å². The Labute approximate surface area is 113 Å². The maximum Gasteiger partial charge on any atom is 0.178 e. The van der Waals surface area contributed by atoms with Crippen molar-refractivity contribution in [2.75, 3.05) is 0 Å². The van der Waals surface area contributed by atoms with Gasteiger partial charge < -0.3 is 9.55 Å². The van der Waals surface area contributed by atoms with Crippen LogP contribution in [0.2, 0.25) is 0 Å². The van der Waals surface area contributed by atoms with Crippen LogP contribution in [0.3, 0.4) is 0 Å². The highest BCUT2D eigenvalue weighted by atomic mass is 32.1. The van der Waals surface area contributed by atoms with Crippen molar-refractivity contribution in [3.63, 3.8) is 0 Å². The van der Waals surface area contributed by atoms with Crippen LogP contribution < -0.4 is 0 Å². The molecule has 1 saturated carbocycles. The lowest BCUT2D eigenvalue weighted by molar-refractivity contribution is 0.292. The summed E-state index contributed by atoms with van der Waals surface area (Å²) in [5.74, 6) is 0.877. The molecule has 2 aromatic rings. The van der Waals surface area contributed by atoms with Crippen molar-refractivity contribution >= 4 is 23.3 Å². The highest BCUT2D eigenvalue weighted by Crippen LogP contribution is 2.34. The van der Waals surface area contributed by atoms with E-state index in [1.165, 1.54) is 42.3 Å². The highest BCUT2D eigenvalue weighted by Gasteiger charge is 2.21. The minimum absolute atomic E-state index is 0.587. The third-order valence-corrected chi connectivity index (χ3v) is 4.52. The first-order valence-electron chi connectivity index (χ1n) is 6.86. The molecule has 1 aliphatic rings. The molecule has 0 amide bonds. The number of fused-ring (bicyclic) bond motifs is 1. The Morgan fingerprint density at radius 2 is 1.94 bits per heavy atom. The second-order valence-corrected chi connectivity index (χ2v) is 6.12. The zero-order chi connectivity index (χ0) is 12.7. The molecule has 1 heterocycles. The topological polar surface area (TPSA) is 20.7 Å². The fourth-order valence-electron chi connectivity index (χ4n) is 3.09. The second kappa shape index (κ2) is 4.54. The predicted molar refractivity (Wildman–Crippen MR) is 78.5 cm³/mol. The largest absolute Gasteiger partial charge is 0.331 e. The van der Waals surface area contributed by atoms with Gasteiger partial charge in [0.15, 0.2) is 4.77 Å². The number of hydrogen-bond donors (Lipinski definition) is 1. The van der Waals surface area contributed by atoms with Gasteiger partial charge in [-0.2, -0.15) is 0 Å². The molecule has 1 N–H and O–H groups in total. The van der Waals surface area contributed by atoms with Gasteiger partial charge in [-0.3, -0.25) is 0 Å². The van der Waals surface area contributed by atoms with E-state index in [-0.39, 0.29) is 0 Å². The molecule has 1 fully saturated rings.